The summed E-state index contributed by atoms with van der Waals surface area (Å²) < 4.78 is 0. The van der Waals surface area contributed by atoms with Crippen LogP contribution in [0.1, 0.15) is 13.8 Å². The third-order valence-corrected chi connectivity index (χ3v) is 1.49. The van der Waals surface area contributed by atoms with Gasteiger partial charge >= 0.3 is 0 Å². The second-order valence-electron chi connectivity index (χ2n) is 2.38. The standard InChI is InChI=1S/C6H11N3O2/c1-5(10)8-4-3-7-9(8)6(2)11/h7H,3-4H2,1-2H3. The number of nitrogens with one attached hydrogen (secondary N) is 1. The van der Waals surface area contributed by atoms with Crippen molar-refractivity contribution in [3.8, 4) is 0 Å². The predicted molar refractivity (Wildman–Crippen MR) is 37.9 cm³/mol. The van der Waals surface area contributed by atoms with Gasteiger partial charge in [0.25, 0.3) is 5.91 Å². The van der Waals surface area contributed by atoms with E-state index in [1.165, 1.54) is 24.0 Å². The number of amides is 2. The van der Waals surface area contributed by atoms with Gasteiger partial charge in [0.1, 0.15) is 0 Å². The van der Waals surface area contributed by atoms with Crippen LogP contribution in [0.4, 0.5) is 0 Å². The maximum absolute atomic E-state index is 10.9. The molecule has 1 fully saturated rings. The summed E-state index contributed by atoms with van der Waals surface area (Å²) in [6.45, 7) is 4.05. The van der Waals surface area contributed by atoms with Crippen LogP contribution < -0.4 is 5.43 Å². The van der Waals surface area contributed by atoms with Crippen LogP contribution >= 0.6 is 0 Å². The second kappa shape index (κ2) is 2.87. The van der Waals surface area contributed by atoms with Crippen molar-refractivity contribution in [3.63, 3.8) is 0 Å². The quantitative estimate of drug-likeness (QED) is 0.496. The largest absolute Gasteiger partial charge is 0.273 e. The summed E-state index contributed by atoms with van der Waals surface area (Å²) in [5.74, 6) is -0.289. The zero-order valence-electron chi connectivity index (χ0n) is 6.63. The van der Waals surface area contributed by atoms with Gasteiger partial charge in [-0.05, 0) is 0 Å². The van der Waals surface area contributed by atoms with E-state index in [0.717, 1.165) is 0 Å². The molecule has 5 heteroatoms. The van der Waals surface area contributed by atoms with Gasteiger partial charge in [0.2, 0.25) is 5.91 Å². The molecule has 0 atom stereocenters. The second-order valence-corrected chi connectivity index (χ2v) is 2.38. The first-order valence-electron chi connectivity index (χ1n) is 3.45. The van der Waals surface area contributed by atoms with E-state index in [2.05, 4.69) is 5.43 Å². The molecule has 1 saturated heterocycles. The van der Waals surface area contributed by atoms with E-state index >= 15 is 0 Å². The summed E-state index contributed by atoms with van der Waals surface area (Å²) in [5, 5.41) is 2.62. The van der Waals surface area contributed by atoms with Crippen molar-refractivity contribution in [1.29, 1.82) is 0 Å². The van der Waals surface area contributed by atoms with Gasteiger partial charge in [0.05, 0.1) is 6.54 Å². The summed E-state index contributed by atoms with van der Waals surface area (Å²) in [7, 11) is 0. The van der Waals surface area contributed by atoms with Crippen molar-refractivity contribution in [2.24, 2.45) is 0 Å². The molecule has 0 spiro atoms. The van der Waals surface area contributed by atoms with Crippen LogP contribution in [-0.4, -0.2) is 35.0 Å². The van der Waals surface area contributed by atoms with Gasteiger partial charge < -0.3 is 0 Å². The molecular formula is C6H11N3O2. The Labute approximate surface area is 64.9 Å². The Hall–Kier alpha value is -1.10. The van der Waals surface area contributed by atoms with Crippen LogP contribution in [0, 0.1) is 0 Å². The van der Waals surface area contributed by atoms with E-state index in [0.29, 0.717) is 13.1 Å². The summed E-state index contributed by atoms with van der Waals surface area (Å²) in [5.41, 5.74) is 2.78. The van der Waals surface area contributed by atoms with Crippen molar-refractivity contribution < 1.29 is 9.59 Å². The molecular weight excluding hydrogens is 146 g/mol. The zero-order valence-corrected chi connectivity index (χ0v) is 6.63. The monoisotopic (exact) mass is 157 g/mol. The lowest BCUT2D eigenvalue weighted by atomic mass is 10.6. The third-order valence-electron chi connectivity index (χ3n) is 1.49. The normalized spacial score (nSPS) is 17.3. The fraction of sp³-hybridized carbons (Fsp3) is 0.667. The maximum atomic E-state index is 10.9. The van der Waals surface area contributed by atoms with Gasteiger partial charge in [-0.25, -0.2) is 10.4 Å². The molecule has 62 valence electrons. The van der Waals surface area contributed by atoms with Gasteiger partial charge in [0, 0.05) is 20.4 Å². The molecule has 0 aromatic rings. The minimum atomic E-state index is -0.169. The number of hydrazine groups is 2. The number of hydrogen-bond donors (Lipinski definition) is 1. The molecule has 0 unspecified atom stereocenters. The highest BCUT2D eigenvalue weighted by Crippen LogP contribution is 2.01. The van der Waals surface area contributed by atoms with Gasteiger partial charge in [-0.1, -0.05) is 0 Å². The van der Waals surface area contributed by atoms with Crippen LogP contribution in [0.2, 0.25) is 0 Å². The average Bonchev–Trinajstić information content (AvgIpc) is 2.32. The SMILES string of the molecule is CC(=O)N1CCNN1C(C)=O. The Morgan fingerprint density at radius 1 is 1.27 bits per heavy atom. The van der Waals surface area contributed by atoms with Crippen molar-refractivity contribution in [2.75, 3.05) is 13.1 Å². The van der Waals surface area contributed by atoms with E-state index in [1.54, 1.807) is 0 Å². The molecule has 0 radical (unpaired) electrons. The number of carbonyl (C=O) groups excluding carboxylic acids is 2. The Morgan fingerprint density at radius 2 is 1.91 bits per heavy atom. The van der Waals surface area contributed by atoms with Crippen LogP contribution in [0.3, 0.4) is 0 Å². The predicted octanol–water partition coefficient (Wildman–Crippen LogP) is -0.883. The van der Waals surface area contributed by atoms with E-state index < -0.39 is 0 Å². The number of rotatable bonds is 0. The molecule has 1 rings (SSSR count). The van der Waals surface area contributed by atoms with Crippen molar-refractivity contribution in [2.45, 2.75) is 13.8 Å². The molecule has 0 aliphatic carbocycles. The summed E-state index contributed by atoms with van der Waals surface area (Å²) >= 11 is 0. The van der Waals surface area contributed by atoms with Crippen molar-refractivity contribution in [1.82, 2.24) is 15.6 Å². The van der Waals surface area contributed by atoms with Gasteiger partial charge in [-0.15, -0.1) is 0 Å². The first-order valence-corrected chi connectivity index (χ1v) is 3.45. The van der Waals surface area contributed by atoms with E-state index in [4.69, 9.17) is 0 Å². The lowest BCUT2D eigenvalue weighted by Crippen LogP contribution is -2.47. The molecule has 0 bridgehead atoms. The average molecular weight is 157 g/mol. The molecule has 1 aliphatic heterocycles. The summed E-state index contributed by atoms with van der Waals surface area (Å²) in [6.07, 6.45) is 0. The third kappa shape index (κ3) is 1.48. The Morgan fingerprint density at radius 3 is 2.27 bits per heavy atom. The molecule has 0 aromatic carbocycles. The van der Waals surface area contributed by atoms with Gasteiger partial charge in [-0.2, -0.15) is 5.12 Å². The summed E-state index contributed by atoms with van der Waals surface area (Å²) in [6, 6.07) is 0. The topological polar surface area (TPSA) is 52.7 Å². The first kappa shape index (κ1) is 8.00. The van der Waals surface area contributed by atoms with E-state index in [-0.39, 0.29) is 11.8 Å². The lowest BCUT2D eigenvalue weighted by Gasteiger charge is -2.23. The Balaban J connectivity index is 2.65. The highest BCUT2D eigenvalue weighted by Gasteiger charge is 2.25. The van der Waals surface area contributed by atoms with Gasteiger partial charge in [0.15, 0.2) is 0 Å². The molecule has 1 N–H and O–H groups in total. The van der Waals surface area contributed by atoms with Crippen LogP contribution in [-0.2, 0) is 9.59 Å². The Bertz CT molecular complexity index is 172. The van der Waals surface area contributed by atoms with Crippen LogP contribution in [0.5, 0.6) is 0 Å². The molecule has 11 heavy (non-hydrogen) atoms. The minimum Gasteiger partial charge on any atom is -0.273 e. The highest BCUT2D eigenvalue weighted by molar-refractivity contribution is 5.79. The highest BCUT2D eigenvalue weighted by atomic mass is 16.2. The van der Waals surface area contributed by atoms with Gasteiger partial charge in [-0.3, -0.25) is 9.59 Å². The molecule has 1 aliphatic rings. The maximum Gasteiger partial charge on any atom is 0.253 e. The van der Waals surface area contributed by atoms with Crippen molar-refractivity contribution in [3.05, 3.63) is 0 Å². The first-order chi connectivity index (χ1) is 5.13. The molecule has 0 aromatic heterocycles. The Kier molecular flexibility index (Phi) is 2.09. The van der Waals surface area contributed by atoms with Crippen LogP contribution in [0.15, 0.2) is 0 Å². The van der Waals surface area contributed by atoms with E-state index in [9.17, 15) is 9.59 Å². The molecule has 1 heterocycles. The number of hydrogen-bond acceptors (Lipinski definition) is 3. The fourth-order valence-electron chi connectivity index (χ4n) is 1.03. The lowest BCUT2D eigenvalue weighted by molar-refractivity contribution is -0.159. The molecule has 0 saturated carbocycles. The zero-order chi connectivity index (χ0) is 8.43. The van der Waals surface area contributed by atoms with E-state index in [1.807, 2.05) is 0 Å². The van der Waals surface area contributed by atoms with Crippen LogP contribution in [0.25, 0.3) is 0 Å². The smallest absolute Gasteiger partial charge is 0.253 e. The summed E-state index contributed by atoms with van der Waals surface area (Å²) in [4.78, 5) is 21.7. The molecule has 5 nitrogen and oxygen atoms in total. The number of carbonyl (C=O) groups is 2. The minimum absolute atomic E-state index is 0.120. The van der Waals surface area contributed by atoms with Crippen molar-refractivity contribution >= 4 is 11.8 Å². The fourth-order valence-corrected chi connectivity index (χ4v) is 1.03. The number of nitrogens with zero attached hydrogens (tertiary/aromatic N) is 2. The molecule has 2 amide bonds.